The molecule has 1 saturated heterocycles. The predicted molar refractivity (Wildman–Crippen MR) is 55.8 cm³/mol. The van der Waals surface area contributed by atoms with Crippen LogP contribution in [0, 0.1) is 11.3 Å². The molecule has 15 heavy (non-hydrogen) atoms. The largest absolute Gasteiger partial charge is 0.481 e. The van der Waals surface area contributed by atoms with Crippen LogP contribution in [0.1, 0.15) is 26.2 Å². The molecule has 1 heterocycles. The van der Waals surface area contributed by atoms with Crippen molar-refractivity contribution in [3.8, 4) is 0 Å². The second-order valence-electron chi connectivity index (χ2n) is 4.30. The van der Waals surface area contributed by atoms with Crippen LogP contribution in [-0.4, -0.2) is 38.0 Å². The van der Waals surface area contributed by atoms with Crippen molar-refractivity contribution >= 4 is 5.97 Å². The Bertz CT molecular complexity index is 209. The van der Waals surface area contributed by atoms with E-state index in [9.17, 15) is 9.90 Å². The zero-order valence-electron chi connectivity index (χ0n) is 9.49. The second kappa shape index (κ2) is 5.47. The van der Waals surface area contributed by atoms with Gasteiger partial charge in [-0.2, -0.15) is 0 Å². The van der Waals surface area contributed by atoms with Gasteiger partial charge in [0.1, 0.15) is 0 Å². The molecule has 4 heteroatoms. The molecule has 2 unspecified atom stereocenters. The Kier molecular flexibility index (Phi) is 4.54. The lowest BCUT2D eigenvalue weighted by atomic mass is 9.71. The molecule has 0 aliphatic carbocycles. The van der Waals surface area contributed by atoms with E-state index >= 15 is 0 Å². The number of aliphatic carboxylic acids is 1. The molecule has 0 bridgehead atoms. The number of ether oxygens (including phenoxy) is 2. The van der Waals surface area contributed by atoms with Gasteiger partial charge in [0.2, 0.25) is 0 Å². The highest BCUT2D eigenvalue weighted by Crippen LogP contribution is 2.38. The minimum absolute atomic E-state index is 0.0928. The van der Waals surface area contributed by atoms with Crippen LogP contribution < -0.4 is 0 Å². The fourth-order valence-corrected chi connectivity index (χ4v) is 2.16. The number of hydrogen-bond donors (Lipinski definition) is 1. The first-order chi connectivity index (χ1) is 7.13. The van der Waals surface area contributed by atoms with Crippen molar-refractivity contribution in [3.63, 3.8) is 0 Å². The van der Waals surface area contributed by atoms with E-state index in [2.05, 4.69) is 0 Å². The van der Waals surface area contributed by atoms with Crippen molar-refractivity contribution in [1.29, 1.82) is 0 Å². The Hall–Kier alpha value is -0.610. The summed E-state index contributed by atoms with van der Waals surface area (Å²) < 4.78 is 10.3. The van der Waals surface area contributed by atoms with E-state index < -0.39 is 11.4 Å². The first-order valence-corrected chi connectivity index (χ1v) is 5.43. The first-order valence-electron chi connectivity index (χ1n) is 5.43. The Balaban J connectivity index is 2.66. The number of methoxy groups -OCH3 is 1. The zero-order chi connectivity index (χ0) is 11.3. The lowest BCUT2D eigenvalue weighted by molar-refractivity contribution is -0.163. The van der Waals surface area contributed by atoms with E-state index in [0.717, 1.165) is 12.8 Å². The van der Waals surface area contributed by atoms with Crippen molar-refractivity contribution in [2.45, 2.75) is 26.2 Å². The van der Waals surface area contributed by atoms with E-state index in [1.54, 1.807) is 7.11 Å². The lowest BCUT2D eigenvalue weighted by Gasteiger charge is -2.38. The Labute approximate surface area is 90.6 Å². The van der Waals surface area contributed by atoms with Crippen LogP contribution in [0.15, 0.2) is 0 Å². The third-order valence-electron chi connectivity index (χ3n) is 3.40. The van der Waals surface area contributed by atoms with Gasteiger partial charge >= 0.3 is 5.97 Å². The minimum Gasteiger partial charge on any atom is -0.481 e. The highest BCUT2D eigenvalue weighted by Gasteiger charge is 2.44. The summed E-state index contributed by atoms with van der Waals surface area (Å²) in [6.07, 6.45) is 2.32. The fourth-order valence-electron chi connectivity index (χ4n) is 2.16. The van der Waals surface area contributed by atoms with Crippen LogP contribution in [0.25, 0.3) is 0 Å². The maximum Gasteiger partial charge on any atom is 0.312 e. The van der Waals surface area contributed by atoms with Crippen molar-refractivity contribution in [2.75, 3.05) is 26.9 Å². The summed E-state index contributed by atoms with van der Waals surface area (Å²) in [6.45, 7) is 3.61. The lowest BCUT2D eigenvalue weighted by Crippen LogP contribution is -2.44. The highest BCUT2D eigenvalue weighted by molar-refractivity contribution is 5.75. The van der Waals surface area contributed by atoms with E-state index in [1.807, 2.05) is 6.92 Å². The smallest absolute Gasteiger partial charge is 0.312 e. The van der Waals surface area contributed by atoms with Gasteiger partial charge in [0, 0.05) is 20.3 Å². The molecule has 0 aromatic heterocycles. The van der Waals surface area contributed by atoms with Crippen LogP contribution in [0.2, 0.25) is 0 Å². The molecule has 0 aromatic carbocycles. The van der Waals surface area contributed by atoms with Crippen LogP contribution in [0.3, 0.4) is 0 Å². The molecule has 1 N–H and O–H groups in total. The van der Waals surface area contributed by atoms with Crippen molar-refractivity contribution < 1.29 is 19.4 Å². The van der Waals surface area contributed by atoms with Gasteiger partial charge in [-0.3, -0.25) is 4.79 Å². The standard InChI is InChI=1S/C11H20O4/c1-9(4-7-14-2)11(10(12)13)5-3-6-15-8-11/h9H,3-8H2,1-2H3,(H,12,13). The van der Waals surface area contributed by atoms with Crippen molar-refractivity contribution in [1.82, 2.24) is 0 Å². The predicted octanol–water partition coefficient (Wildman–Crippen LogP) is 1.54. The molecule has 0 spiro atoms. The van der Waals surface area contributed by atoms with Gasteiger partial charge in [-0.15, -0.1) is 0 Å². The van der Waals surface area contributed by atoms with Crippen LogP contribution in [-0.2, 0) is 14.3 Å². The number of carboxylic acid groups (broad SMARTS) is 1. The van der Waals surface area contributed by atoms with Crippen molar-refractivity contribution in [3.05, 3.63) is 0 Å². The van der Waals surface area contributed by atoms with Gasteiger partial charge in [-0.1, -0.05) is 6.92 Å². The van der Waals surface area contributed by atoms with Crippen LogP contribution >= 0.6 is 0 Å². The first kappa shape index (κ1) is 12.5. The summed E-state index contributed by atoms with van der Waals surface area (Å²) in [7, 11) is 1.64. The van der Waals surface area contributed by atoms with Gasteiger partial charge in [0.25, 0.3) is 0 Å². The Morgan fingerprint density at radius 3 is 2.87 bits per heavy atom. The Morgan fingerprint density at radius 1 is 1.67 bits per heavy atom. The average molecular weight is 216 g/mol. The number of carbonyl (C=O) groups is 1. The molecule has 1 aliphatic rings. The minimum atomic E-state index is -0.731. The maximum atomic E-state index is 11.4. The summed E-state index contributed by atoms with van der Waals surface area (Å²) in [5.74, 6) is -0.638. The number of carboxylic acids is 1. The normalized spacial score (nSPS) is 28.7. The summed E-state index contributed by atoms with van der Waals surface area (Å²) in [6, 6.07) is 0. The average Bonchev–Trinajstić information content (AvgIpc) is 2.26. The van der Waals surface area contributed by atoms with Crippen molar-refractivity contribution in [2.24, 2.45) is 11.3 Å². The monoisotopic (exact) mass is 216 g/mol. The quantitative estimate of drug-likeness (QED) is 0.757. The third-order valence-corrected chi connectivity index (χ3v) is 3.40. The molecule has 4 nitrogen and oxygen atoms in total. The van der Waals surface area contributed by atoms with Gasteiger partial charge in [-0.05, 0) is 25.2 Å². The molecule has 2 atom stereocenters. The topological polar surface area (TPSA) is 55.8 Å². The summed E-state index contributed by atoms with van der Waals surface area (Å²) in [5, 5.41) is 9.34. The molecule has 0 amide bonds. The summed E-state index contributed by atoms with van der Waals surface area (Å²) >= 11 is 0. The molecular formula is C11H20O4. The molecule has 0 radical (unpaired) electrons. The number of rotatable bonds is 5. The van der Waals surface area contributed by atoms with E-state index in [0.29, 0.717) is 26.2 Å². The van der Waals surface area contributed by atoms with Gasteiger partial charge in [0.15, 0.2) is 0 Å². The second-order valence-corrected chi connectivity index (χ2v) is 4.30. The molecule has 1 aliphatic heterocycles. The molecule has 88 valence electrons. The van der Waals surface area contributed by atoms with Gasteiger partial charge in [0.05, 0.1) is 12.0 Å². The summed E-state index contributed by atoms with van der Waals surface area (Å²) in [4.78, 5) is 11.4. The Morgan fingerprint density at radius 2 is 2.40 bits per heavy atom. The van der Waals surface area contributed by atoms with E-state index in [-0.39, 0.29) is 5.92 Å². The van der Waals surface area contributed by atoms with Gasteiger partial charge < -0.3 is 14.6 Å². The van der Waals surface area contributed by atoms with E-state index in [1.165, 1.54) is 0 Å². The molecule has 1 fully saturated rings. The maximum absolute atomic E-state index is 11.4. The van der Waals surface area contributed by atoms with E-state index in [4.69, 9.17) is 9.47 Å². The fraction of sp³-hybridized carbons (Fsp3) is 0.909. The SMILES string of the molecule is COCCC(C)C1(C(=O)O)CCCOC1. The summed E-state index contributed by atoms with van der Waals surface area (Å²) in [5.41, 5.74) is -0.698. The van der Waals surface area contributed by atoms with Crippen LogP contribution in [0.5, 0.6) is 0 Å². The molecule has 0 aromatic rings. The van der Waals surface area contributed by atoms with Gasteiger partial charge in [-0.25, -0.2) is 0 Å². The molecular weight excluding hydrogens is 196 g/mol. The molecule has 0 saturated carbocycles. The number of hydrogen-bond acceptors (Lipinski definition) is 3. The molecule has 1 rings (SSSR count). The third kappa shape index (κ3) is 2.69. The zero-order valence-corrected chi connectivity index (χ0v) is 9.49. The highest BCUT2D eigenvalue weighted by atomic mass is 16.5. The van der Waals surface area contributed by atoms with Crippen LogP contribution in [0.4, 0.5) is 0 Å².